The molecule has 108 valence electrons. The zero-order valence-electron chi connectivity index (χ0n) is 10.5. The fraction of sp³-hybridized carbons (Fsp3) is 0.0714. The van der Waals surface area contributed by atoms with Crippen LogP contribution in [-0.4, -0.2) is 15.1 Å². The van der Waals surface area contributed by atoms with Crippen molar-refractivity contribution in [3.8, 4) is 11.5 Å². The summed E-state index contributed by atoms with van der Waals surface area (Å²) in [6.07, 6.45) is 0. The number of aromatic hydroxyl groups is 1. The molecule has 0 aliphatic carbocycles. The third kappa shape index (κ3) is 2.95. The van der Waals surface area contributed by atoms with Crippen LogP contribution < -0.4 is 4.74 Å². The molecule has 7 heteroatoms. The maximum Gasteiger partial charge on any atom is 0.173 e. The first-order valence-electron chi connectivity index (χ1n) is 5.99. The fourth-order valence-electron chi connectivity index (χ4n) is 1.89. The molecular formula is C14H9Br3N2O2. The molecule has 2 N–H and O–H groups in total. The van der Waals surface area contributed by atoms with E-state index in [2.05, 4.69) is 57.8 Å². The van der Waals surface area contributed by atoms with E-state index in [1.165, 1.54) is 0 Å². The van der Waals surface area contributed by atoms with Gasteiger partial charge in [0.05, 0.1) is 15.5 Å². The number of imidazole rings is 1. The molecule has 0 unspecified atom stereocenters. The zero-order valence-corrected chi connectivity index (χ0v) is 15.3. The number of phenolic OH excluding ortho intramolecular Hbond substituents is 1. The maximum absolute atomic E-state index is 10.1. The standard InChI is InChI=1S/C14H9Br3N2O2/c15-7-5-10(14(20)13(17)12(7)16)21-6-11-18-8-3-1-2-4-9(8)19-11/h1-5,20H,6H2,(H,18,19). The predicted molar refractivity (Wildman–Crippen MR) is 91.6 cm³/mol. The quantitative estimate of drug-likeness (QED) is 0.515. The summed E-state index contributed by atoms with van der Waals surface area (Å²) in [5.74, 6) is 1.12. The Morgan fingerprint density at radius 2 is 1.90 bits per heavy atom. The van der Waals surface area contributed by atoms with Crippen LogP contribution in [0.25, 0.3) is 11.0 Å². The number of phenols is 1. The minimum Gasteiger partial charge on any atom is -0.503 e. The van der Waals surface area contributed by atoms with Gasteiger partial charge in [-0.05, 0) is 66.0 Å². The minimum atomic E-state index is 0.0428. The van der Waals surface area contributed by atoms with Gasteiger partial charge in [0.15, 0.2) is 11.5 Å². The lowest BCUT2D eigenvalue weighted by Crippen LogP contribution is -1.98. The Morgan fingerprint density at radius 1 is 1.14 bits per heavy atom. The number of hydrogen-bond donors (Lipinski definition) is 2. The molecule has 1 heterocycles. The number of para-hydroxylation sites is 2. The van der Waals surface area contributed by atoms with Gasteiger partial charge in [0.25, 0.3) is 0 Å². The number of nitrogens with zero attached hydrogens (tertiary/aromatic N) is 1. The third-order valence-electron chi connectivity index (χ3n) is 2.90. The average Bonchev–Trinajstić information content (AvgIpc) is 2.90. The van der Waals surface area contributed by atoms with Crippen LogP contribution in [0.5, 0.6) is 11.5 Å². The largest absolute Gasteiger partial charge is 0.503 e. The molecule has 2 aromatic carbocycles. The van der Waals surface area contributed by atoms with Crippen LogP contribution in [-0.2, 0) is 6.61 Å². The maximum atomic E-state index is 10.1. The van der Waals surface area contributed by atoms with Crippen LogP contribution in [0.15, 0.2) is 43.7 Å². The number of aromatic nitrogens is 2. The van der Waals surface area contributed by atoms with E-state index in [0.29, 0.717) is 16.0 Å². The Morgan fingerprint density at radius 3 is 2.67 bits per heavy atom. The summed E-state index contributed by atoms with van der Waals surface area (Å²) in [6, 6.07) is 9.46. The molecule has 3 rings (SSSR count). The first-order valence-corrected chi connectivity index (χ1v) is 8.37. The van der Waals surface area contributed by atoms with Crippen LogP contribution in [0.4, 0.5) is 0 Å². The van der Waals surface area contributed by atoms with E-state index in [1.807, 2.05) is 24.3 Å². The highest BCUT2D eigenvalue weighted by Gasteiger charge is 2.14. The van der Waals surface area contributed by atoms with Crippen molar-refractivity contribution >= 4 is 58.8 Å². The van der Waals surface area contributed by atoms with Crippen LogP contribution in [0.1, 0.15) is 5.82 Å². The summed E-state index contributed by atoms with van der Waals surface area (Å²) >= 11 is 10.1. The van der Waals surface area contributed by atoms with Gasteiger partial charge in [0.2, 0.25) is 0 Å². The number of H-pyrrole nitrogens is 1. The number of ether oxygens (including phenoxy) is 1. The van der Waals surface area contributed by atoms with Crippen molar-refractivity contribution in [1.82, 2.24) is 9.97 Å². The summed E-state index contributed by atoms with van der Waals surface area (Å²) < 4.78 is 7.70. The Kier molecular flexibility index (Phi) is 4.24. The first-order chi connectivity index (χ1) is 10.1. The molecule has 0 radical (unpaired) electrons. The van der Waals surface area contributed by atoms with Crippen molar-refractivity contribution < 1.29 is 9.84 Å². The molecule has 0 saturated heterocycles. The number of rotatable bonds is 3. The van der Waals surface area contributed by atoms with Crippen molar-refractivity contribution in [1.29, 1.82) is 0 Å². The average molecular weight is 477 g/mol. The van der Waals surface area contributed by atoms with E-state index in [9.17, 15) is 5.11 Å². The topological polar surface area (TPSA) is 58.1 Å². The van der Waals surface area contributed by atoms with Gasteiger partial charge in [-0.2, -0.15) is 0 Å². The van der Waals surface area contributed by atoms with Gasteiger partial charge in [-0.3, -0.25) is 0 Å². The lowest BCUT2D eigenvalue weighted by molar-refractivity contribution is 0.280. The van der Waals surface area contributed by atoms with Crippen LogP contribution in [0.2, 0.25) is 0 Å². The molecule has 0 atom stereocenters. The van der Waals surface area contributed by atoms with E-state index >= 15 is 0 Å². The van der Waals surface area contributed by atoms with E-state index in [4.69, 9.17) is 4.74 Å². The number of benzene rings is 2. The van der Waals surface area contributed by atoms with Gasteiger partial charge in [0, 0.05) is 8.95 Å². The summed E-state index contributed by atoms with van der Waals surface area (Å²) in [7, 11) is 0. The molecule has 1 aromatic heterocycles. The van der Waals surface area contributed by atoms with Gasteiger partial charge in [-0.1, -0.05) is 12.1 Å². The third-order valence-corrected chi connectivity index (χ3v) is 6.19. The van der Waals surface area contributed by atoms with Crippen molar-refractivity contribution in [2.75, 3.05) is 0 Å². The number of hydrogen-bond acceptors (Lipinski definition) is 3. The van der Waals surface area contributed by atoms with Gasteiger partial charge in [-0.25, -0.2) is 4.98 Å². The molecule has 0 saturated carbocycles. The highest BCUT2D eigenvalue weighted by atomic mass is 79.9. The smallest absolute Gasteiger partial charge is 0.173 e. The van der Waals surface area contributed by atoms with Gasteiger partial charge < -0.3 is 14.8 Å². The van der Waals surface area contributed by atoms with Gasteiger partial charge >= 0.3 is 0 Å². The lowest BCUT2D eigenvalue weighted by Gasteiger charge is -2.10. The van der Waals surface area contributed by atoms with Gasteiger partial charge in [0.1, 0.15) is 12.4 Å². The molecule has 0 aliphatic rings. The van der Waals surface area contributed by atoms with Crippen LogP contribution >= 0.6 is 47.8 Å². The summed E-state index contributed by atoms with van der Waals surface area (Å²) in [4.78, 5) is 7.60. The highest BCUT2D eigenvalue weighted by molar-refractivity contribution is 9.14. The van der Waals surface area contributed by atoms with Crippen LogP contribution in [0.3, 0.4) is 0 Å². The lowest BCUT2D eigenvalue weighted by atomic mass is 10.3. The second-order valence-electron chi connectivity index (χ2n) is 4.32. The number of halogens is 3. The molecular weight excluding hydrogens is 468 g/mol. The molecule has 0 bridgehead atoms. The first kappa shape index (κ1) is 14.9. The zero-order chi connectivity index (χ0) is 15.0. The monoisotopic (exact) mass is 474 g/mol. The summed E-state index contributed by atoms with van der Waals surface area (Å²) in [6.45, 7) is 0.239. The summed E-state index contributed by atoms with van der Waals surface area (Å²) in [5, 5.41) is 10.1. The van der Waals surface area contributed by atoms with Crippen LogP contribution in [0, 0.1) is 0 Å². The second-order valence-corrected chi connectivity index (χ2v) is 6.76. The normalized spacial score (nSPS) is 11.0. The second kappa shape index (κ2) is 5.98. The fourth-order valence-corrected chi connectivity index (χ4v) is 3.28. The van der Waals surface area contributed by atoms with Gasteiger partial charge in [-0.15, -0.1) is 0 Å². The van der Waals surface area contributed by atoms with E-state index < -0.39 is 0 Å². The van der Waals surface area contributed by atoms with Crippen molar-refractivity contribution in [2.24, 2.45) is 0 Å². The summed E-state index contributed by atoms with van der Waals surface area (Å²) in [5.41, 5.74) is 1.84. The minimum absolute atomic E-state index is 0.0428. The van der Waals surface area contributed by atoms with Crippen molar-refractivity contribution in [2.45, 2.75) is 6.61 Å². The predicted octanol–water partition coefficient (Wildman–Crippen LogP) is 5.14. The van der Waals surface area contributed by atoms with Crippen molar-refractivity contribution in [3.05, 3.63) is 49.6 Å². The van der Waals surface area contributed by atoms with E-state index in [1.54, 1.807) is 6.07 Å². The molecule has 4 nitrogen and oxygen atoms in total. The number of aromatic amines is 1. The molecule has 21 heavy (non-hydrogen) atoms. The Balaban J connectivity index is 1.84. The highest BCUT2D eigenvalue weighted by Crippen LogP contribution is 2.44. The Labute approximate surface area is 145 Å². The molecule has 0 aliphatic heterocycles. The van der Waals surface area contributed by atoms with Crippen molar-refractivity contribution in [3.63, 3.8) is 0 Å². The SMILES string of the molecule is Oc1c(OCc2nc3ccccc3[nH]2)cc(Br)c(Br)c1Br. The molecule has 0 amide bonds. The molecule has 0 spiro atoms. The van der Waals surface area contributed by atoms with E-state index in [-0.39, 0.29) is 12.4 Å². The Hall–Kier alpha value is -1.05. The molecule has 0 fully saturated rings. The molecule has 3 aromatic rings. The number of fused-ring (bicyclic) bond motifs is 1. The number of nitrogens with one attached hydrogen (secondary N) is 1. The Bertz CT molecular complexity index is 784. The van der Waals surface area contributed by atoms with E-state index in [0.717, 1.165) is 20.0 Å².